The van der Waals surface area contributed by atoms with Crippen LogP contribution >= 0.6 is 0 Å². The number of hydrogen-bond acceptors (Lipinski definition) is 5. The molecule has 0 radical (unpaired) electrons. The zero-order valence-electron chi connectivity index (χ0n) is 10.8. The molecule has 1 aromatic carbocycles. The Labute approximate surface area is 118 Å². The number of hydrogen-bond donors (Lipinski definition) is 2. The normalized spacial score (nSPS) is 10.7. The van der Waals surface area contributed by atoms with Crippen LogP contribution in [0.5, 0.6) is 0 Å². The van der Waals surface area contributed by atoms with Gasteiger partial charge in [-0.3, -0.25) is 9.89 Å². The van der Waals surface area contributed by atoms with Gasteiger partial charge in [0.25, 0.3) is 0 Å². The number of nitrogens with zero attached hydrogens (tertiary/aromatic N) is 3. The number of H-pyrrole nitrogens is 1. The van der Waals surface area contributed by atoms with Crippen molar-refractivity contribution in [3.63, 3.8) is 0 Å². The summed E-state index contributed by atoms with van der Waals surface area (Å²) < 4.78 is 14.0. The molecule has 0 bridgehead atoms. The maximum atomic E-state index is 14.0. The van der Waals surface area contributed by atoms with Crippen LogP contribution in [0.3, 0.4) is 0 Å². The van der Waals surface area contributed by atoms with E-state index < -0.39 is 11.6 Å². The molecular formula is C14H10FN5O. The summed E-state index contributed by atoms with van der Waals surface area (Å²) >= 11 is 0. The number of carbonyl (C=O) groups excluding carboxylic acids is 1. The second kappa shape index (κ2) is 4.78. The fourth-order valence-corrected chi connectivity index (χ4v) is 2.06. The van der Waals surface area contributed by atoms with E-state index in [1.165, 1.54) is 18.5 Å². The molecule has 0 aliphatic rings. The lowest BCUT2D eigenvalue weighted by molar-refractivity contribution is 0.104. The number of fused-ring (bicyclic) bond motifs is 1. The highest BCUT2D eigenvalue weighted by Gasteiger charge is 2.15. The van der Waals surface area contributed by atoms with Gasteiger partial charge in [0.2, 0.25) is 0 Å². The maximum Gasteiger partial charge on any atom is 0.188 e. The van der Waals surface area contributed by atoms with Crippen LogP contribution in [0.4, 0.5) is 10.2 Å². The lowest BCUT2D eigenvalue weighted by Crippen LogP contribution is -1.98. The molecule has 0 aliphatic heterocycles. The molecule has 0 saturated carbocycles. The van der Waals surface area contributed by atoms with Gasteiger partial charge in [0.1, 0.15) is 23.7 Å². The predicted octanol–water partition coefficient (Wildman–Crippen LogP) is 2.11. The third-order valence-corrected chi connectivity index (χ3v) is 3.08. The highest BCUT2D eigenvalue weighted by molar-refractivity contribution is 6.05. The van der Waals surface area contributed by atoms with Gasteiger partial charge >= 0.3 is 0 Å². The van der Waals surface area contributed by atoms with Crippen LogP contribution in [0, 0.1) is 5.82 Å². The average molecular weight is 283 g/mol. The van der Waals surface area contributed by atoms with Crippen molar-refractivity contribution >= 4 is 22.6 Å². The molecule has 0 saturated heterocycles. The van der Waals surface area contributed by atoms with Crippen molar-refractivity contribution in [1.82, 2.24) is 20.2 Å². The van der Waals surface area contributed by atoms with Gasteiger partial charge in [-0.25, -0.2) is 14.4 Å². The summed E-state index contributed by atoms with van der Waals surface area (Å²) in [7, 11) is 0. The van der Waals surface area contributed by atoms with Crippen LogP contribution in [0.2, 0.25) is 0 Å². The summed E-state index contributed by atoms with van der Waals surface area (Å²) in [5.41, 5.74) is 7.13. The molecule has 0 fully saturated rings. The van der Waals surface area contributed by atoms with Crippen LogP contribution in [0.1, 0.15) is 10.4 Å². The van der Waals surface area contributed by atoms with Crippen molar-refractivity contribution in [2.24, 2.45) is 0 Å². The summed E-state index contributed by atoms with van der Waals surface area (Å²) in [5, 5.41) is 7.31. The lowest BCUT2D eigenvalue weighted by atomic mass is 10.0. The number of allylic oxidation sites excluding steroid dienone is 1. The summed E-state index contributed by atoms with van der Waals surface area (Å²) in [6.45, 7) is 3.34. The Balaban J connectivity index is 2.18. The number of aromatic amines is 1. The van der Waals surface area contributed by atoms with Gasteiger partial charge in [0.15, 0.2) is 11.4 Å². The molecule has 3 aromatic rings. The first-order valence-electron chi connectivity index (χ1n) is 6.03. The summed E-state index contributed by atoms with van der Waals surface area (Å²) in [6.07, 6.45) is 2.37. The molecule has 2 heterocycles. The number of anilines is 1. The Morgan fingerprint density at radius 3 is 2.90 bits per heavy atom. The van der Waals surface area contributed by atoms with Gasteiger partial charge in [-0.05, 0) is 18.2 Å². The number of ketones is 1. The minimum absolute atomic E-state index is 0.0437. The number of carbonyl (C=O) groups is 1. The van der Waals surface area contributed by atoms with Gasteiger partial charge in [0.05, 0.1) is 10.9 Å². The van der Waals surface area contributed by atoms with E-state index in [1.54, 1.807) is 6.07 Å². The third-order valence-electron chi connectivity index (χ3n) is 3.08. The fraction of sp³-hybridized carbons (Fsp3) is 0. The molecule has 3 rings (SSSR count). The number of rotatable bonds is 3. The molecule has 104 valence electrons. The first-order valence-corrected chi connectivity index (χ1v) is 6.03. The Hall–Kier alpha value is -3.09. The second-order valence-electron chi connectivity index (χ2n) is 4.32. The molecule has 0 spiro atoms. The topological polar surface area (TPSA) is 97.5 Å². The zero-order valence-corrected chi connectivity index (χ0v) is 10.8. The van der Waals surface area contributed by atoms with Crippen LogP contribution in [0.25, 0.3) is 22.3 Å². The summed E-state index contributed by atoms with van der Waals surface area (Å²) in [6, 6.07) is 4.19. The average Bonchev–Trinajstić information content (AvgIpc) is 2.92. The number of nitrogen functional groups attached to an aromatic ring is 1. The monoisotopic (exact) mass is 283 g/mol. The number of halogens is 1. The van der Waals surface area contributed by atoms with Crippen LogP contribution in [-0.2, 0) is 0 Å². The van der Waals surface area contributed by atoms with E-state index in [-0.39, 0.29) is 11.4 Å². The van der Waals surface area contributed by atoms with Gasteiger partial charge in [-0.1, -0.05) is 12.6 Å². The van der Waals surface area contributed by atoms with E-state index in [2.05, 4.69) is 26.7 Å². The van der Waals surface area contributed by atoms with Crippen LogP contribution < -0.4 is 5.73 Å². The minimum Gasteiger partial charge on any atom is -0.383 e. The molecule has 0 aliphatic carbocycles. The van der Waals surface area contributed by atoms with E-state index in [4.69, 9.17) is 5.73 Å². The van der Waals surface area contributed by atoms with Gasteiger partial charge in [-0.15, -0.1) is 0 Å². The summed E-state index contributed by atoms with van der Waals surface area (Å²) in [5.74, 6) is -0.881. The Kier molecular flexibility index (Phi) is 2.94. The standard InChI is InChI=1S/C14H10FN5O/c1-2-10(21)8-4-3-7(5-9(8)15)12-11-13(16)17-6-18-14(11)20-19-12/h2-6H,1H2,(H3,16,17,18,19,20). The first kappa shape index (κ1) is 12.9. The van der Waals surface area contributed by atoms with Crippen molar-refractivity contribution in [1.29, 1.82) is 0 Å². The molecular weight excluding hydrogens is 273 g/mol. The molecule has 7 heteroatoms. The number of aromatic nitrogens is 4. The zero-order chi connectivity index (χ0) is 15.0. The molecule has 21 heavy (non-hydrogen) atoms. The molecule has 2 aromatic heterocycles. The highest BCUT2D eigenvalue weighted by atomic mass is 19.1. The molecule has 6 nitrogen and oxygen atoms in total. The molecule has 0 atom stereocenters. The van der Waals surface area contributed by atoms with Gasteiger partial charge in [0, 0.05) is 5.56 Å². The highest BCUT2D eigenvalue weighted by Crippen LogP contribution is 2.29. The SMILES string of the molecule is C=CC(=O)c1ccc(-c2n[nH]c3ncnc(N)c23)cc1F. The fourth-order valence-electron chi connectivity index (χ4n) is 2.06. The maximum absolute atomic E-state index is 14.0. The Morgan fingerprint density at radius 1 is 1.38 bits per heavy atom. The summed E-state index contributed by atoms with van der Waals surface area (Å²) in [4.78, 5) is 19.4. The number of nitrogens with two attached hydrogens (primary N) is 1. The van der Waals surface area contributed by atoms with Crippen molar-refractivity contribution in [2.45, 2.75) is 0 Å². The van der Waals surface area contributed by atoms with Crippen molar-refractivity contribution < 1.29 is 9.18 Å². The largest absolute Gasteiger partial charge is 0.383 e. The Morgan fingerprint density at radius 2 is 2.19 bits per heavy atom. The number of nitrogens with one attached hydrogen (secondary N) is 1. The van der Waals surface area contributed by atoms with E-state index >= 15 is 0 Å². The van der Waals surface area contributed by atoms with E-state index in [9.17, 15) is 9.18 Å². The lowest BCUT2D eigenvalue weighted by Gasteiger charge is -2.03. The second-order valence-corrected chi connectivity index (χ2v) is 4.32. The molecule has 0 amide bonds. The molecule has 0 unspecified atom stereocenters. The van der Waals surface area contributed by atoms with E-state index in [0.717, 1.165) is 6.08 Å². The predicted molar refractivity (Wildman–Crippen MR) is 76.0 cm³/mol. The quantitative estimate of drug-likeness (QED) is 0.566. The van der Waals surface area contributed by atoms with E-state index in [1.807, 2.05) is 0 Å². The minimum atomic E-state index is -0.649. The van der Waals surface area contributed by atoms with Crippen molar-refractivity contribution in [3.8, 4) is 11.3 Å². The smallest absolute Gasteiger partial charge is 0.188 e. The van der Waals surface area contributed by atoms with E-state index in [0.29, 0.717) is 22.3 Å². The van der Waals surface area contributed by atoms with Crippen molar-refractivity contribution in [3.05, 3.63) is 48.6 Å². The van der Waals surface area contributed by atoms with Gasteiger partial charge < -0.3 is 5.73 Å². The van der Waals surface area contributed by atoms with Gasteiger partial charge in [-0.2, -0.15) is 5.10 Å². The van der Waals surface area contributed by atoms with Crippen LogP contribution in [-0.4, -0.2) is 25.9 Å². The van der Waals surface area contributed by atoms with Crippen molar-refractivity contribution in [2.75, 3.05) is 5.73 Å². The molecule has 3 N–H and O–H groups in total. The first-order chi connectivity index (χ1) is 10.1. The number of benzene rings is 1. The van der Waals surface area contributed by atoms with Crippen LogP contribution in [0.15, 0.2) is 37.2 Å². The third kappa shape index (κ3) is 2.04. The Bertz CT molecular complexity index is 871.